The van der Waals surface area contributed by atoms with Gasteiger partial charge in [-0.05, 0) is 83.1 Å². The Bertz CT molecular complexity index is 837. The fraction of sp³-hybridized carbons (Fsp3) is 0.731. The lowest BCUT2D eigenvalue weighted by Crippen LogP contribution is -2.53. The summed E-state index contributed by atoms with van der Waals surface area (Å²) in [5.74, 6) is 1.90. The van der Waals surface area contributed by atoms with Gasteiger partial charge in [-0.15, -0.1) is 0 Å². The van der Waals surface area contributed by atoms with Crippen molar-refractivity contribution in [1.82, 2.24) is 9.80 Å². The van der Waals surface area contributed by atoms with Crippen molar-refractivity contribution in [2.45, 2.75) is 95.5 Å². The summed E-state index contributed by atoms with van der Waals surface area (Å²) in [6.07, 6.45) is 9.18. The number of piperidine rings is 1. The van der Waals surface area contributed by atoms with Gasteiger partial charge in [0, 0.05) is 32.1 Å². The second-order valence-corrected chi connectivity index (χ2v) is 11.1. The van der Waals surface area contributed by atoms with Gasteiger partial charge in [0.15, 0.2) is 0 Å². The first kappa shape index (κ1) is 21.9. The Morgan fingerprint density at radius 2 is 1.88 bits per heavy atom. The molecule has 4 aliphatic rings. The van der Waals surface area contributed by atoms with Crippen LogP contribution in [-0.2, 0) is 11.2 Å². The van der Waals surface area contributed by atoms with E-state index in [1.54, 1.807) is 4.90 Å². The molecule has 0 aromatic heterocycles. The number of fused-ring (bicyclic) bond motifs is 1. The number of ether oxygens (including phenoxy) is 3. The molecule has 0 N–H and O–H groups in total. The van der Waals surface area contributed by atoms with Crippen molar-refractivity contribution in [3.05, 3.63) is 23.8 Å². The highest BCUT2D eigenvalue weighted by Gasteiger charge is 2.41. The average Bonchev–Trinajstić information content (AvgIpc) is 3.16. The fourth-order valence-electron chi connectivity index (χ4n) is 5.48. The van der Waals surface area contributed by atoms with Gasteiger partial charge in [0.05, 0.1) is 6.54 Å². The van der Waals surface area contributed by atoms with Crippen LogP contribution in [0, 0.1) is 0 Å². The van der Waals surface area contributed by atoms with E-state index >= 15 is 0 Å². The molecule has 1 aromatic rings. The Labute approximate surface area is 192 Å². The Balaban J connectivity index is 1.15. The van der Waals surface area contributed by atoms with Crippen molar-refractivity contribution >= 4 is 6.09 Å². The van der Waals surface area contributed by atoms with E-state index in [0.717, 1.165) is 49.6 Å². The summed E-state index contributed by atoms with van der Waals surface area (Å²) in [7, 11) is 0. The van der Waals surface area contributed by atoms with Crippen molar-refractivity contribution < 1.29 is 19.0 Å². The first-order valence-electron chi connectivity index (χ1n) is 12.5. The lowest BCUT2D eigenvalue weighted by molar-refractivity contribution is -0.0337. The second-order valence-electron chi connectivity index (χ2n) is 11.1. The molecule has 3 fully saturated rings. The maximum atomic E-state index is 12.3. The molecule has 3 heterocycles. The number of carbonyl (C=O) groups is 1. The van der Waals surface area contributed by atoms with Crippen LogP contribution in [-0.4, -0.2) is 65.4 Å². The zero-order valence-corrected chi connectivity index (χ0v) is 19.9. The third-order valence-electron chi connectivity index (χ3n) is 7.61. The van der Waals surface area contributed by atoms with Crippen LogP contribution >= 0.6 is 0 Å². The van der Waals surface area contributed by atoms with Crippen molar-refractivity contribution in [3.63, 3.8) is 0 Å². The SMILES string of the molecule is CC(C)(C)OC(=O)N1CC[C@@H](Oc2ccc3c(c2)CCC2(CCN(C4CCC4)CC2)O3)C1. The van der Waals surface area contributed by atoms with Crippen LogP contribution in [0.4, 0.5) is 4.79 Å². The Hall–Kier alpha value is -1.95. The fourth-order valence-corrected chi connectivity index (χ4v) is 5.48. The summed E-state index contributed by atoms with van der Waals surface area (Å²) in [6.45, 7) is 9.29. The zero-order chi connectivity index (χ0) is 22.3. The predicted octanol–water partition coefficient (Wildman–Crippen LogP) is 4.79. The number of rotatable bonds is 3. The quantitative estimate of drug-likeness (QED) is 0.674. The van der Waals surface area contributed by atoms with Crippen LogP contribution in [0.1, 0.15) is 71.3 Å². The Morgan fingerprint density at radius 1 is 1.09 bits per heavy atom. The van der Waals surface area contributed by atoms with E-state index in [9.17, 15) is 4.79 Å². The summed E-state index contributed by atoms with van der Waals surface area (Å²) < 4.78 is 18.3. The Morgan fingerprint density at radius 3 is 2.56 bits per heavy atom. The van der Waals surface area contributed by atoms with E-state index in [4.69, 9.17) is 14.2 Å². The van der Waals surface area contributed by atoms with Crippen molar-refractivity contribution in [2.24, 2.45) is 0 Å². The molecule has 1 saturated carbocycles. The minimum Gasteiger partial charge on any atom is -0.489 e. The number of aryl methyl sites for hydroxylation is 1. The number of hydrogen-bond donors (Lipinski definition) is 0. The number of benzene rings is 1. The van der Waals surface area contributed by atoms with Gasteiger partial charge in [0.25, 0.3) is 0 Å². The average molecular weight is 443 g/mol. The summed E-state index contributed by atoms with van der Waals surface area (Å²) in [5, 5.41) is 0. The molecule has 0 bridgehead atoms. The lowest BCUT2D eigenvalue weighted by atomic mass is 9.81. The number of amides is 1. The summed E-state index contributed by atoms with van der Waals surface area (Å²) >= 11 is 0. The van der Waals surface area contributed by atoms with Crippen molar-refractivity contribution in [3.8, 4) is 11.5 Å². The van der Waals surface area contributed by atoms with Crippen LogP contribution in [0.15, 0.2) is 18.2 Å². The first-order valence-corrected chi connectivity index (χ1v) is 12.5. The van der Waals surface area contributed by atoms with Crippen LogP contribution in [0.25, 0.3) is 0 Å². The van der Waals surface area contributed by atoms with Crippen LogP contribution in [0.2, 0.25) is 0 Å². The first-order chi connectivity index (χ1) is 15.3. The second kappa shape index (κ2) is 8.44. The van der Waals surface area contributed by atoms with Gasteiger partial charge in [-0.2, -0.15) is 0 Å². The molecular formula is C26H38N2O4. The van der Waals surface area contributed by atoms with E-state index < -0.39 is 5.60 Å². The van der Waals surface area contributed by atoms with E-state index in [-0.39, 0.29) is 17.8 Å². The van der Waals surface area contributed by atoms with Gasteiger partial charge >= 0.3 is 6.09 Å². The zero-order valence-electron chi connectivity index (χ0n) is 19.9. The lowest BCUT2D eigenvalue weighted by Gasteiger charge is -2.48. The minimum absolute atomic E-state index is 0.00672. The molecule has 1 atom stereocenters. The van der Waals surface area contributed by atoms with E-state index in [0.29, 0.717) is 13.1 Å². The standard InChI is InChI=1S/C26H38N2O4/c1-25(2,3)32-24(29)28-14-10-22(18-28)30-21-7-8-23-19(17-21)9-11-26(31-23)12-15-27(16-13-26)20-5-4-6-20/h7-8,17,20,22H,4-6,9-16,18H2,1-3H3/t22-/m1/s1. The molecule has 1 amide bonds. The maximum absolute atomic E-state index is 12.3. The highest BCUT2D eigenvalue weighted by molar-refractivity contribution is 5.68. The topological polar surface area (TPSA) is 51.2 Å². The van der Waals surface area contributed by atoms with E-state index in [2.05, 4.69) is 17.0 Å². The third kappa shape index (κ3) is 4.70. The van der Waals surface area contributed by atoms with Crippen LogP contribution in [0.5, 0.6) is 11.5 Å². The van der Waals surface area contributed by atoms with E-state index in [1.165, 1.54) is 37.9 Å². The van der Waals surface area contributed by atoms with Gasteiger partial charge in [-0.3, -0.25) is 0 Å². The molecule has 1 aromatic carbocycles. The van der Waals surface area contributed by atoms with E-state index in [1.807, 2.05) is 26.8 Å². The molecule has 0 radical (unpaired) electrons. The molecule has 6 heteroatoms. The van der Waals surface area contributed by atoms with Crippen molar-refractivity contribution in [2.75, 3.05) is 26.2 Å². The largest absolute Gasteiger partial charge is 0.489 e. The summed E-state index contributed by atoms with van der Waals surface area (Å²) in [4.78, 5) is 16.7. The van der Waals surface area contributed by atoms with Gasteiger partial charge in [-0.1, -0.05) is 6.42 Å². The van der Waals surface area contributed by atoms with Gasteiger partial charge in [-0.25, -0.2) is 4.79 Å². The van der Waals surface area contributed by atoms with Crippen LogP contribution in [0.3, 0.4) is 0 Å². The summed E-state index contributed by atoms with van der Waals surface area (Å²) in [6, 6.07) is 7.09. The highest BCUT2D eigenvalue weighted by Crippen LogP contribution is 2.42. The maximum Gasteiger partial charge on any atom is 0.410 e. The minimum atomic E-state index is -0.473. The summed E-state index contributed by atoms with van der Waals surface area (Å²) in [5.41, 5.74) is 0.797. The molecule has 32 heavy (non-hydrogen) atoms. The molecule has 2 saturated heterocycles. The molecule has 1 aliphatic carbocycles. The molecular weight excluding hydrogens is 404 g/mol. The predicted molar refractivity (Wildman–Crippen MR) is 123 cm³/mol. The number of nitrogens with zero attached hydrogens (tertiary/aromatic N) is 2. The monoisotopic (exact) mass is 442 g/mol. The Kier molecular flexibility index (Phi) is 5.77. The van der Waals surface area contributed by atoms with Gasteiger partial charge in [0.2, 0.25) is 0 Å². The van der Waals surface area contributed by atoms with Crippen molar-refractivity contribution in [1.29, 1.82) is 0 Å². The molecule has 1 spiro atoms. The number of carbonyl (C=O) groups excluding carboxylic acids is 1. The molecule has 3 aliphatic heterocycles. The normalized spacial score (nSPS) is 25.7. The number of likely N-dealkylation sites (tertiary alicyclic amines) is 2. The molecule has 6 nitrogen and oxygen atoms in total. The molecule has 176 valence electrons. The highest BCUT2D eigenvalue weighted by atomic mass is 16.6. The van der Waals surface area contributed by atoms with Crippen LogP contribution < -0.4 is 9.47 Å². The smallest absolute Gasteiger partial charge is 0.410 e. The molecule has 0 unspecified atom stereocenters. The number of hydrogen-bond acceptors (Lipinski definition) is 5. The van der Waals surface area contributed by atoms with Gasteiger partial charge < -0.3 is 24.0 Å². The molecule has 5 rings (SSSR count). The van der Waals surface area contributed by atoms with Gasteiger partial charge in [0.1, 0.15) is 28.8 Å². The third-order valence-corrected chi connectivity index (χ3v) is 7.61.